The Bertz CT molecular complexity index is 614. The smallest absolute Gasteiger partial charge is 0.424 e. The SMILES string of the molecule is O=C1OCCN1S(=O)(=O)N1CCc2ccccc2C1. The molecule has 3 rings (SSSR count). The number of fused-ring (bicyclic) bond motifs is 1. The van der Waals surface area contributed by atoms with E-state index in [9.17, 15) is 13.2 Å². The number of cyclic esters (lactones) is 1. The highest BCUT2D eigenvalue weighted by Gasteiger charge is 2.38. The van der Waals surface area contributed by atoms with Gasteiger partial charge in [0.2, 0.25) is 0 Å². The number of benzene rings is 1. The van der Waals surface area contributed by atoms with Crippen molar-refractivity contribution in [3.8, 4) is 0 Å². The van der Waals surface area contributed by atoms with Crippen molar-refractivity contribution in [2.75, 3.05) is 19.7 Å². The average molecular weight is 282 g/mol. The average Bonchev–Trinajstić information content (AvgIpc) is 2.85. The van der Waals surface area contributed by atoms with Crippen molar-refractivity contribution in [1.29, 1.82) is 0 Å². The van der Waals surface area contributed by atoms with Crippen LogP contribution in [0.3, 0.4) is 0 Å². The van der Waals surface area contributed by atoms with E-state index in [4.69, 9.17) is 4.74 Å². The van der Waals surface area contributed by atoms with Crippen LogP contribution in [-0.4, -0.2) is 42.8 Å². The molecule has 19 heavy (non-hydrogen) atoms. The zero-order valence-corrected chi connectivity index (χ0v) is 11.1. The van der Waals surface area contributed by atoms with Gasteiger partial charge in [-0.05, 0) is 17.5 Å². The van der Waals surface area contributed by atoms with Gasteiger partial charge in [0.15, 0.2) is 0 Å². The predicted octanol–water partition coefficient (Wildman–Crippen LogP) is 0.742. The van der Waals surface area contributed by atoms with E-state index < -0.39 is 16.3 Å². The highest BCUT2D eigenvalue weighted by Crippen LogP contribution is 2.23. The van der Waals surface area contributed by atoms with E-state index >= 15 is 0 Å². The van der Waals surface area contributed by atoms with E-state index in [0.717, 1.165) is 15.4 Å². The second-order valence-electron chi connectivity index (χ2n) is 4.55. The van der Waals surface area contributed by atoms with Crippen LogP contribution in [0.2, 0.25) is 0 Å². The van der Waals surface area contributed by atoms with Gasteiger partial charge in [-0.2, -0.15) is 17.0 Å². The minimum atomic E-state index is -3.76. The van der Waals surface area contributed by atoms with Gasteiger partial charge in [0.05, 0.1) is 6.54 Å². The third-order valence-corrected chi connectivity index (χ3v) is 5.28. The first kappa shape index (κ1) is 12.4. The molecular weight excluding hydrogens is 268 g/mol. The van der Waals surface area contributed by atoms with Gasteiger partial charge in [0.25, 0.3) is 0 Å². The van der Waals surface area contributed by atoms with Gasteiger partial charge in [-0.1, -0.05) is 24.3 Å². The van der Waals surface area contributed by atoms with Gasteiger partial charge >= 0.3 is 16.3 Å². The van der Waals surface area contributed by atoms with Gasteiger partial charge in [0, 0.05) is 13.1 Å². The third kappa shape index (κ3) is 2.08. The van der Waals surface area contributed by atoms with Crippen molar-refractivity contribution in [2.24, 2.45) is 0 Å². The molecule has 0 atom stereocenters. The molecule has 0 aromatic heterocycles. The molecule has 7 heteroatoms. The minimum absolute atomic E-state index is 0.0965. The fourth-order valence-electron chi connectivity index (χ4n) is 2.39. The summed E-state index contributed by atoms with van der Waals surface area (Å²) in [5, 5.41) is 0. The number of hydrogen-bond acceptors (Lipinski definition) is 4. The van der Waals surface area contributed by atoms with Gasteiger partial charge in [-0.15, -0.1) is 0 Å². The van der Waals surface area contributed by atoms with Crippen LogP contribution in [0.15, 0.2) is 24.3 Å². The van der Waals surface area contributed by atoms with E-state index in [2.05, 4.69) is 0 Å². The topological polar surface area (TPSA) is 66.9 Å². The van der Waals surface area contributed by atoms with Crippen molar-refractivity contribution in [3.05, 3.63) is 35.4 Å². The fourth-order valence-corrected chi connectivity index (χ4v) is 3.84. The molecule has 0 N–H and O–H groups in total. The first-order valence-corrected chi connectivity index (χ1v) is 7.50. The van der Waals surface area contributed by atoms with E-state index in [-0.39, 0.29) is 13.2 Å². The first-order valence-electron chi connectivity index (χ1n) is 6.10. The number of carbonyl (C=O) groups is 1. The van der Waals surface area contributed by atoms with Crippen LogP contribution < -0.4 is 0 Å². The second kappa shape index (κ2) is 4.50. The molecule has 0 bridgehead atoms. The maximum Gasteiger partial charge on any atom is 0.424 e. The van der Waals surface area contributed by atoms with Crippen LogP contribution in [0.25, 0.3) is 0 Å². The molecule has 1 amide bonds. The molecule has 2 aliphatic rings. The molecule has 0 saturated carbocycles. The standard InChI is InChI=1S/C12H14N2O4S/c15-12-14(7-8-18-12)19(16,17)13-6-5-10-3-1-2-4-11(10)9-13/h1-4H,5-9H2. The Morgan fingerprint density at radius 3 is 2.53 bits per heavy atom. The molecule has 6 nitrogen and oxygen atoms in total. The van der Waals surface area contributed by atoms with Crippen molar-refractivity contribution in [2.45, 2.75) is 13.0 Å². The molecule has 102 valence electrons. The van der Waals surface area contributed by atoms with Crippen LogP contribution in [0.4, 0.5) is 4.79 Å². The van der Waals surface area contributed by atoms with Crippen molar-refractivity contribution >= 4 is 16.3 Å². The normalized spacial score (nSPS) is 20.2. The summed E-state index contributed by atoms with van der Waals surface area (Å²) in [4.78, 5) is 11.4. The summed E-state index contributed by atoms with van der Waals surface area (Å²) in [6.45, 7) is 0.924. The summed E-state index contributed by atoms with van der Waals surface area (Å²) >= 11 is 0. The van der Waals surface area contributed by atoms with Gasteiger partial charge < -0.3 is 4.74 Å². The monoisotopic (exact) mass is 282 g/mol. The maximum atomic E-state index is 12.4. The quantitative estimate of drug-likeness (QED) is 0.802. The first-order chi connectivity index (χ1) is 9.09. The summed E-state index contributed by atoms with van der Waals surface area (Å²) in [5.41, 5.74) is 2.16. The molecule has 0 aliphatic carbocycles. The second-order valence-corrected chi connectivity index (χ2v) is 6.40. The zero-order valence-electron chi connectivity index (χ0n) is 10.3. The van der Waals surface area contributed by atoms with Crippen LogP contribution in [0.1, 0.15) is 11.1 Å². The van der Waals surface area contributed by atoms with Crippen LogP contribution in [0, 0.1) is 0 Å². The summed E-state index contributed by atoms with van der Waals surface area (Å²) in [6, 6.07) is 7.75. The van der Waals surface area contributed by atoms with Crippen molar-refractivity contribution in [3.63, 3.8) is 0 Å². The maximum absolute atomic E-state index is 12.4. The van der Waals surface area contributed by atoms with Gasteiger partial charge in [-0.25, -0.2) is 4.79 Å². The molecule has 2 heterocycles. The van der Waals surface area contributed by atoms with Gasteiger partial charge in [-0.3, -0.25) is 0 Å². The molecule has 0 unspecified atom stereocenters. The van der Waals surface area contributed by atoms with Crippen molar-refractivity contribution < 1.29 is 17.9 Å². The van der Waals surface area contributed by atoms with Crippen LogP contribution in [0.5, 0.6) is 0 Å². The Balaban J connectivity index is 1.86. The third-order valence-electron chi connectivity index (χ3n) is 3.42. The number of ether oxygens (including phenoxy) is 1. The number of hydrogen-bond donors (Lipinski definition) is 0. The molecular formula is C12H14N2O4S. The lowest BCUT2D eigenvalue weighted by Crippen LogP contribution is -2.46. The summed E-state index contributed by atoms with van der Waals surface area (Å²) in [7, 11) is -3.76. The molecule has 0 spiro atoms. The largest absolute Gasteiger partial charge is 0.447 e. The molecule has 1 fully saturated rings. The zero-order chi connectivity index (χ0) is 13.5. The summed E-state index contributed by atoms with van der Waals surface area (Å²) in [5.74, 6) is 0. The van der Waals surface area contributed by atoms with E-state index in [1.54, 1.807) is 0 Å². The lowest BCUT2D eigenvalue weighted by molar-refractivity contribution is 0.168. The van der Waals surface area contributed by atoms with Gasteiger partial charge in [0.1, 0.15) is 6.61 Å². The number of amides is 1. The van der Waals surface area contributed by atoms with E-state index in [1.165, 1.54) is 4.31 Å². The Morgan fingerprint density at radius 2 is 1.84 bits per heavy atom. The number of rotatable bonds is 2. The Labute approximate surface area is 111 Å². The Morgan fingerprint density at radius 1 is 1.11 bits per heavy atom. The predicted molar refractivity (Wildman–Crippen MR) is 67.5 cm³/mol. The molecule has 2 aliphatic heterocycles. The van der Waals surface area contributed by atoms with Crippen LogP contribution >= 0.6 is 0 Å². The number of nitrogens with zero attached hydrogens (tertiary/aromatic N) is 2. The molecule has 1 aromatic carbocycles. The highest BCUT2D eigenvalue weighted by molar-refractivity contribution is 7.87. The molecule has 1 saturated heterocycles. The molecule has 1 aromatic rings. The summed E-state index contributed by atoms with van der Waals surface area (Å²) in [6.07, 6.45) is -0.114. The van der Waals surface area contributed by atoms with Crippen LogP contribution in [-0.2, 0) is 27.9 Å². The lowest BCUT2D eigenvalue weighted by Gasteiger charge is -2.30. The lowest BCUT2D eigenvalue weighted by atomic mass is 10.0. The minimum Gasteiger partial charge on any atom is -0.447 e. The Kier molecular flexibility index (Phi) is 2.94. The highest BCUT2D eigenvalue weighted by atomic mass is 32.2. The van der Waals surface area contributed by atoms with E-state index in [1.807, 2.05) is 24.3 Å². The van der Waals surface area contributed by atoms with E-state index in [0.29, 0.717) is 19.5 Å². The molecule has 0 radical (unpaired) electrons. The summed E-state index contributed by atoms with van der Waals surface area (Å²) < 4.78 is 31.6. The van der Waals surface area contributed by atoms with Crippen molar-refractivity contribution in [1.82, 2.24) is 8.61 Å². The Hall–Kier alpha value is -1.60. The number of carbonyl (C=O) groups excluding carboxylic acids is 1. The fraction of sp³-hybridized carbons (Fsp3) is 0.417.